The highest BCUT2D eigenvalue weighted by molar-refractivity contribution is 6.33. The molecule has 0 saturated carbocycles. The van der Waals surface area contributed by atoms with Gasteiger partial charge in [-0.05, 0) is 70.4 Å². The fourth-order valence-electron chi connectivity index (χ4n) is 3.89. The second kappa shape index (κ2) is 11.0. The molecule has 1 unspecified atom stereocenters. The Morgan fingerprint density at radius 2 is 1.92 bits per heavy atom. The van der Waals surface area contributed by atoms with Gasteiger partial charge in [-0.25, -0.2) is 14.2 Å². The number of pyridine rings is 1. The summed E-state index contributed by atoms with van der Waals surface area (Å²) in [5, 5.41) is 11.2. The SMILES string of the molecule is COc1cc(C(=O)CCC(C)(O)c2cc3c(c(Cl)n2)N(C(=O)OC(C)(C)C)CC3)ccc1OCCF. The summed E-state index contributed by atoms with van der Waals surface area (Å²) in [4.78, 5) is 31.2. The molecule has 1 N–H and O–H groups in total. The molecule has 1 atom stereocenters. The minimum Gasteiger partial charge on any atom is -0.493 e. The van der Waals surface area contributed by atoms with E-state index in [1.165, 1.54) is 18.1 Å². The van der Waals surface area contributed by atoms with Crippen LogP contribution in [-0.2, 0) is 16.8 Å². The Morgan fingerprint density at radius 3 is 2.56 bits per heavy atom. The van der Waals surface area contributed by atoms with Crippen LogP contribution in [0.3, 0.4) is 0 Å². The number of amides is 1. The van der Waals surface area contributed by atoms with Crippen molar-refractivity contribution in [3.63, 3.8) is 0 Å². The van der Waals surface area contributed by atoms with Gasteiger partial charge in [-0.1, -0.05) is 11.6 Å². The van der Waals surface area contributed by atoms with Crippen LogP contribution >= 0.6 is 11.6 Å². The van der Waals surface area contributed by atoms with E-state index >= 15 is 0 Å². The van der Waals surface area contributed by atoms with E-state index < -0.39 is 24.0 Å². The first-order valence-corrected chi connectivity index (χ1v) is 12.1. The third-order valence-corrected chi connectivity index (χ3v) is 5.99. The van der Waals surface area contributed by atoms with Gasteiger partial charge < -0.3 is 19.3 Å². The lowest BCUT2D eigenvalue weighted by Gasteiger charge is -2.26. The van der Waals surface area contributed by atoms with Crippen molar-refractivity contribution in [1.29, 1.82) is 0 Å². The van der Waals surface area contributed by atoms with E-state index in [0.29, 0.717) is 41.4 Å². The molecule has 1 aliphatic heterocycles. The van der Waals surface area contributed by atoms with Gasteiger partial charge in [0.25, 0.3) is 0 Å². The number of aliphatic hydroxyl groups is 1. The predicted octanol–water partition coefficient (Wildman–Crippen LogP) is 5.26. The molecule has 0 bridgehead atoms. The second-order valence-corrected chi connectivity index (χ2v) is 10.1. The van der Waals surface area contributed by atoms with E-state index in [9.17, 15) is 19.1 Å². The quantitative estimate of drug-likeness (QED) is 0.354. The number of Topliss-reactive ketones (excluding diaryl/α,β-unsaturated/α-hetero) is 1. The Labute approximate surface area is 215 Å². The molecule has 1 aliphatic rings. The zero-order chi connectivity index (χ0) is 26.7. The van der Waals surface area contributed by atoms with Gasteiger partial charge in [-0.3, -0.25) is 9.69 Å². The lowest BCUT2D eigenvalue weighted by atomic mass is 9.91. The van der Waals surface area contributed by atoms with E-state index in [-0.39, 0.29) is 30.4 Å². The van der Waals surface area contributed by atoms with Gasteiger partial charge >= 0.3 is 6.09 Å². The smallest absolute Gasteiger partial charge is 0.414 e. The Bertz CT molecular complexity index is 1130. The first kappa shape index (κ1) is 27.7. The Hall–Kier alpha value is -2.91. The summed E-state index contributed by atoms with van der Waals surface area (Å²) in [7, 11) is 1.43. The monoisotopic (exact) mass is 522 g/mol. The molecular formula is C26H32ClFN2O6. The molecule has 8 nitrogen and oxygen atoms in total. The maximum atomic E-state index is 12.8. The highest BCUT2D eigenvalue weighted by Gasteiger charge is 2.35. The van der Waals surface area contributed by atoms with E-state index in [1.54, 1.807) is 45.9 Å². The van der Waals surface area contributed by atoms with Gasteiger partial charge in [-0.15, -0.1) is 0 Å². The summed E-state index contributed by atoms with van der Waals surface area (Å²) in [6.07, 6.45) is 0.148. The third kappa shape index (κ3) is 6.44. The normalized spacial score (nSPS) is 14.7. The molecule has 0 saturated heterocycles. The molecule has 1 amide bonds. The Morgan fingerprint density at radius 1 is 1.19 bits per heavy atom. The number of halogens is 2. The molecule has 3 rings (SSSR count). The van der Waals surface area contributed by atoms with Gasteiger partial charge in [0, 0.05) is 18.5 Å². The predicted molar refractivity (Wildman–Crippen MR) is 134 cm³/mol. The number of fused-ring (bicyclic) bond motifs is 1. The highest BCUT2D eigenvalue weighted by Crippen LogP contribution is 2.38. The standard InChI is InChI=1S/C26H32ClFN2O6/c1-25(2,3)36-24(32)30-12-9-17-15-21(29-23(27)22(17)30)26(4,33)10-8-18(31)16-6-7-19(35-13-11-28)20(14-16)34-5/h6-7,14-15,33H,8-13H2,1-5H3. The molecule has 196 valence electrons. The maximum absolute atomic E-state index is 12.8. The number of carbonyl (C=O) groups is 2. The van der Waals surface area contributed by atoms with Crippen LogP contribution in [0.25, 0.3) is 0 Å². The fourth-order valence-corrected chi connectivity index (χ4v) is 4.20. The van der Waals surface area contributed by atoms with Gasteiger partial charge in [0.2, 0.25) is 0 Å². The summed E-state index contributed by atoms with van der Waals surface area (Å²) in [6, 6.07) is 6.37. The summed E-state index contributed by atoms with van der Waals surface area (Å²) in [5.41, 5.74) is -0.149. The van der Waals surface area contributed by atoms with Crippen molar-refractivity contribution >= 4 is 29.2 Å². The van der Waals surface area contributed by atoms with E-state index in [2.05, 4.69) is 4.98 Å². The van der Waals surface area contributed by atoms with Gasteiger partial charge in [0.15, 0.2) is 22.4 Å². The van der Waals surface area contributed by atoms with E-state index in [4.69, 9.17) is 25.8 Å². The van der Waals surface area contributed by atoms with Crippen molar-refractivity contribution in [3.8, 4) is 11.5 Å². The number of hydrogen-bond donors (Lipinski definition) is 1. The van der Waals surface area contributed by atoms with Crippen LogP contribution in [0.1, 0.15) is 62.2 Å². The van der Waals surface area contributed by atoms with Crippen LogP contribution in [-0.4, -0.2) is 54.5 Å². The number of alkyl halides is 1. The van der Waals surface area contributed by atoms with Crippen molar-refractivity contribution in [2.75, 3.05) is 31.8 Å². The highest BCUT2D eigenvalue weighted by atomic mass is 35.5. The number of aromatic nitrogens is 1. The molecular weight excluding hydrogens is 491 g/mol. The summed E-state index contributed by atoms with van der Waals surface area (Å²) in [5.74, 6) is 0.452. The first-order chi connectivity index (χ1) is 16.9. The molecule has 0 fully saturated rings. The maximum Gasteiger partial charge on any atom is 0.414 e. The first-order valence-electron chi connectivity index (χ1n) is 11.7. The van der Waals surface area contributed by atoms with Crippen molar-refractivity contribution in [3.05, 3.63) is 46.2 Å². The number of ketones is 1. The van der Waals surface area contributed by atoms with Crippen LogP contribution in [0.2, 0.25) is 5.15 Å². The fraction of sp³-hybridized carbons (Fsp3) is 0.500. The largest absolute Gasteiger partial charge is 0.493 e. The van der Waals surface area contributed by atoms with Crippen molar-refractivity contribution in [2.45, 2.75) is 58.2 Å². The lowest BCUT2D eigenvalue weighted by molar-refractivity contribution is 0.0396. The number of nitrogens with zero attached hydrogens (tertiary/aromatic N) is 2. The summed E-state index contributed by atoms with van der Waals surface area (Å²) in [6.45, 7) is 6.57. The van der Waals surface area contributed by atoms with Crippen LogP contribution in [0.5, 0.6) is 11.5 Å². The van der Waals surface area contributed by atoms with Gasteiger partial charge in [-0.2, -0.15) is 0 Å². The minimum atomic E-state index is -1.44. The number of carbonyl (C=O) groups excluding carboxylic acids is 2. The Balaban J connectivity index is 1.73. The number of hydrogen-bond acceptors (Lipinski definition) is 7. The molecule has 1 aromatic carbocycles. The average Bonchev–Trinajstić information content (AvgIpc) is 3.25. The van der Waals surface area contributed by atoms with Gasteiger partial charge in [0.1, 0.15) is 24.5 Å². The van der Waals surface area contributed by atoms with Crippen LogP contribution in [0, 0.1) is 0 Å². The zero-order valence-electron chi connectivity index (χ0n) is 21.2. The number of methoxy groups -OCH3 is 1. The third-order valence-electron chi connectivity index (χ3n) is 5.73. The molecule has 2 aromatic rings. The molecule has 10 heteroatoms. The number of anilines is 1. The number of ether oxygens (including phenoxy) is 3. The number of rotatable bonds is 9. The minimum absolute atomic E-state index is 0.0290. The molecule has 1 aromatic heterocycles. The average molecular weight is 523 g/mol. The molecule has 0 radical (unpaired) electrons. The Kier molecular flexibility index (Phi) is 8.46. The number of benzene rings is 1. The van der Waals surface area contributed by atoms with E-state index in [1.807, 2.05) is 0 Å². The zero-order valence-corrected chi connectivity index (χ0v) is 21.9. The second-order valence-electron chi connectivity index (χ2n) is 9.79. The topological polar surface area (TPSA) is 98.2 Å². The molecule has 36 heavy (non-hydrogen) atoms. The van der Waals surface area contributed by atoms with Crippen LogP contribution < -0.4 is 14.4 Å². The molecule has 2 heterocycles. The van der Waals surface area contributed by atoms with Gasteiger partial charge in [0.05, 0.1) is 18.5 Å². The van der Waals surface area contributed by atoms with Crippen LogP contribution in [0.4, 0.5) is 14.9 Å². The molecule has 0 spiro atoms. The van der Waals surface area contributed by atoms with E-state index in [0.717, 1.165) is 5.56 Å². The lowest BCUT2D eigenvalue weighted by Crippen LogP contribution is -2.36. The van der Waals surface area contributed by atoms with Crippen molar-refractivity contribution in [1.82, 2.24) is 4.98 Å². The summed E-state index contributed by atoms with van der Waals surface area (Å²) >= 11 is 6.45. The molecule has 0 aliphatic carbocycles. The van der Waals surface area contributed by atoms with Crippen LogP contribution in [0.15, 0.2) is 24.3 Å². The summed E-state index contributed by atoms with van der Waals surface area (Å²) < 4.78 is 28.4. The van der Waals surface area contributed by atoms with Crippen molar-refractivity contribution < 1.29 is 33.3 Å². The van der Waals surface area contributed by atoms with Crippen molar-refractivity contribution in [2.24, 2.45) is 0 Å².